The van der Waals surface area contributed by atoms with Crippen molar-refractivity contribution in [1.29, 1.82) is 0 Å². The number of aliphatic hydroxyl groups excluding tert-OH is 1. The molecule has 0 unspecified atom stereocenters. The summed E-state index contributed by atoms with van der Waals surface area (Å²) in [6.07, 6.45) is 0.407. The van der Waals surface area contributed by atoms with Gasteiger partial charge in [0, 0.05) is 0 Å². The van der Waals surface area contributed by atoms with Crippen LogP contribution < -0.4 is 0 Å². The first kappa shape index (κ1) is 12.8. The maximum Gasteiger partial charge on any atom is 0.261 e. The van der Waals surface area contributed by atoms with Gasteiger partial charge in [-0.15, -0.1) is 0 Å². The Kier molecular flexibility index (Phi) is 3.48. The van der Waals surface area contributed by atoms with Gasteiger partial charge >= 0.3 is 0 Å². The average molecular weight is 247 g/mol. The molecule has 1 N–H and O–H groups in total. The number of carbonyl (C=O) groups excluding carboxylic acids is 2. The van der Waals surface area contributed by atoms with Crippen LogP contribution in [0.25, 0.3) is 0 Å². The molecule has 96 valence electrons. The quantitative estimate of drug-likeness (QED) is 0.826. The summed E-state index contributed by atoms with van der Waals surface area (Å²) in [5.41, 5.74) is 0.869. The summed E-state index contributed by atoms with van der Waals surface area (Å²) in [7, 11) is 0. The lowest BCUT2D eigenvalue weighted by Crippen LogP contribution is -2.46. The Labute approximate surface area is 106 Å². The fourth-order valence-corrected chi connectivity index (χ4v) is 2.41. The van der Waals surface area contributed by atoms with Crippen LogP contribution in [0, 0.1) is 0 Å². The minimum atomic E-state index is -0.669. The van der Waals surface area contributed by atoms with Crippen molar-refractivity contribution >= 4 is 11.8 Å². The molecule has 2 rings (SSSR count). The van der Waals surface area contributed by atoms with E-state index in [9.17, 15) is 14.7 Å². The highest BCUT2D eigenvalue weighted by molar-refractivity contribution is 6.21. The van der Waals surface area contributed by atoms with Gasteiger partial charge in [0.2, 0.25) is 0 Å². The first-order valence-corrected chi connectivity index (χ1v) is 6.26. The van der Waals surface area contributed by atoms with E-state index in [1.54, 1.807) is 24.3 Å². The topological polar surface area (TPSA) is 57.6 Å². The van der Waals surface area contributed by atoms with Gasteiger partial charge in [0.05, 0.1) is 23.3 Å². The summed E-state index contributed by atoms with van der Waals surface area (Å²) in [5, 5.41) is 9.95. The van der Waals surface area contributed by atoms with Gasteiger partial charge in [-0.05, 0) is 25.0 Å². The first-order valence-electron chi connectivity index (χ1n) is 6.26. The Morgan fingerprint density at radius 3 is 1.94 bits per heavy atom. The summed E-state index contributed by atoms with van der Waals surface area (Å²) in [6.45, 7) is 3.71. The van der Waals surface area contributed by atoms with Gasteiger partial charge in [0.1, 0.15) is 0 Å². The first-order chi connectivity index (χ1) is 8.61. The van der Waals surface area contributed by atoms with Crippen molar-refractivity contribution < 1.29 is 14.7 Å². The van der Waals surface area contributed by atoms with Gasteiger partial charge in [0.15, 0.2) is 0 Å². The van der Waals surface area contributed by atoms with Crippen LogP contribution in [0.1, 0.15) is 47.4 Å². The Balaban J connectivity index is 2.38. The number of hydrogen-bond acceptors (Lipinski definition) is 3. The van der Waals surface area contributed by atoms with Crippen molar-refractivity contribution in [3.8, 4) is 0 Å². The zero-order chi connectivity index (χ0) is 13.3. The highest BCUT2D eigenvalue weighted by atomic mass is 16.3. The molecular formula is C14H17NO3. The molecule has 4 nitrogen and oxygen atoms in total. The Hall–Kier alpha value is -1.68. The lowest BCUT2D eigenvalue weighted by atomic mass is 10.0. The van der Waals surface area contributed by atoms with Crippen LogP contribution in [0.3, 0.4) is 0 Å². The molecule has 1 aliphatic rings. The second kappa shape index (κ2) is 4.90. The third-order valence-electron chi connectivity index (χ3n) is 3.44. The summed E-state index contributed by atoms with van der Waals surface area (Å²) in [5.74, 6) is -0.593. The summed E-state index contributed by atoms with van der Waals surface area (Å²) < 4.78 is 0. The lowest BCUT2D eigenvalue weighted by Gasteiger charge is -2.28. The third kappa shape index (κ3) is 1.82. The SMILES string of the molecule is CC[C@@H](O)[C@H](CC)N1C(=O)c2ccccc2C1=O. The van der Waals surface area contributed by atoms with Gasteiger partial charge < -0.3 is 5.11 Å². The molecule has 0 radical (unpaired) electrons. The van der Waals surface area contributed by atoms with Crippen molar-refractivity contribution in [3.05, 3.63) is 35.4 Å². The maximum atomic E-state index is 12.2. The fraction of sp³-hybridized carbons (Fsp3) is 0.429. The molecule has 1 aromatic carbocycles. The molecule has 0 fully saturated rings. The average Bonchev–Trinajstić information content (AvgIpc) is 2.65. The fourth-order valence-electron chi connectivity index (χ4n) is 2.41. The molecule has 0 spiro atoms. The number of amides is 2. The molecule has 1 aromatic rings. The van der Waals surface area contributed by atoms with Crippen LogP contribution in [0.4, 0.5) is 0 Å². The number of rotatable bonds is 4. The van der Waals surface area contributed by atoms with E-state index in [0.717, 1.165) is 0 Å². The molecular weight excluding hydrogens is 230 g/mol. The van der Waals surface area contributed by atoms with Gasteiger partial charge in [-0.25, -0.2) is 0 Å². The molecule has 2 atom stereocenters. The summed E-state index contributed by atoms with van der Waals surface area (Å²) in [4.78, 5) is 25.7. The molecule has 18 heavy (non-hydrogen) atoms. The summed E-state index contributed by atoms with van der Waals surface area (Å²) >= 11 is 0. The molecule has 4 heteroatoms. The number of carbonyl (C=O) groups is 2. The summed E-state index contributed by atoms with van der Waals surface area (Å²) in [6, 6.07) is 6.35. The lowest BCUT2D eigenvalue weighted by molar-refractivity contribution is 0.0321. The van der Waals surface area contributed by atoms with Gasteiger partial charge in [-0.2, -0.15) is 0 Å². The zero-order valence-corrected chi connectivity index (χ0v) is 10.6. The van der Waals surface area contributed by atoms with E-state index in [0.29, 0.717) is 24.0 Å². The standard InChI is InChI=1S/C14H17NO3/c1-3-11(12(16)4-2)15-13(17)9-7-5-6-8-10(9)14(15)18/h5-8,11-12,16H,3-4H2,1-2H3/t11-,12+/m0/s1. The van der Waals surface area contributed by atoms with E-state index < -0.39 is 12.1 Å². The molecule has 0 saturated heterocycles. The van der Waals surface area contributed by atoms with Crippen molar-refractivity contribution in [2.24, 2.45) is 0 Å². The number of benzene rings is 1. The van der Waals surface area contributed by atoms with E-state index in [-0.39, 0.29) is 11.8 Å². The largest absolute Gasteiger partial charge is 0.391 e. The number of nitrogens with zero attached hydrogens (tertiary/aromatic N) is 1. The predicted molar refractivity (Wildman–Crippen MR) is 67.3 cm³/mol. The predicted octanol–water partition coefficient (Wildman–Crippen LogP) is 1.83. The Bertz CT molecular complexity index is 449. The van der Waals surface area contributed by atoms with Crippen molar-refractivity contribution in [2.45, 2.75) is 38.8 Å². The minimum Gasteiger partial charge on any atom is -0.391 e. The van der Waals surface area contributed by atoms with E-state index >= 15 is 0 Å². The molecule has 0 aromatic heterocycles. The maximum absolute atomic E-state index is 12.2. The molecule has 2 amide bonds. The molecule has 0 saturated carbocycles. The third-order valence-corrected chi connectivity index (χ3v) is 3.44. The van der Waals surface area contributed by atoms with E-state index in [4.69, 9.17) is 0 Å². The Morgan fingerprint density at radius 2 is 1.56 bits per heavy atom. The van der Waals surface area contributed by atoms with Crippen LogP contribution in [-0.4, -0.2) is 34.0 Å². The van der Waals surface area contributed by atoms with Crippen molar-refractivity contribution in [1.82, 2.24) is 4.90 Å². The highest BCUT2D eigenvalue weighted by Crippen LogP contribution is 2.27. The van der Waals surface area contributed by atoms with Gasteiger partial charge in [-0.1, -0.05) is 26.0 Å². The van der Waals surface area contributed by atoms with Crippen LogP contribution in [0.15, 0.2) is 24.3 Å². The zero-order valence-electron chi connectivity index (χ0n) is 10.6. The van der Waals surface area contributed by atoms with Crippen LogP contribution in [0.2, 0.25) is 0 Å². The van der Waals surface area contributed by atoms with Crippen LogP contribution in [-0.2, 0) is 0 Å². The molecule has 1 heterocycles. The van der Waals surface area contributed by atoms with Gasteiger partial charge in [0.25, 0.3) is 11.8 Å². The van der Waals surface area contributed by atoms with Crippen LogP contribution >= 0.6 is 0 Å². The molecule has 0 aliphatic carbocycles. The number of aliphatic hydroxyl groups is 1. The second-order valence-corrected chi connectivity index (χ2v) is 4.48. The monoisotopic (exact) mass is 247 g/mol. The number of imide groups is 1. The van der Waals surface area contributed by atoms with Crippen LogP contribution in [0.5, 0.6) is 0 Å². The smallest absolute Gasteiger partial charge is 0.261 e. The molecule has 1 aliphatic heterocycles. The number of hydrogen-bond donors (Lipinski definition) is 1. The number of fused-ring (bicyclic) bond motifs is 1. The molecule has 0 bridgehead atoms. The van der Waals surface area contributed by atoms with E-state index in [1.807, 2.05) is 13.8 Å². The second-order valence-electron chi connectivity index (χ2n) is 4.48. The van der Waals surface area contributed by atoms with E-state index in [2.05, 4.69) is 0 Å². The van der Waals surface area contributed by atoms with Gasteiger partial charge in [-0.3, -0.25) is 14.5 Å². The van der Waals surface area contributed by atoms with E-state index in [1.165, 1.54) is 4.90 Å². The Morgan fingerprint density at radius 1 is 1.06 bits per heavy atom. The minimum absolute atomic E-state index is 0.296. The normalized spacial score (nSPS) is 17.8. The van der Waals surface area contributed by atoms with Crippen molar-refractivity contribution in [2.75, 3.05) is 0 Å². The highest BCUT2D eigenvalue weighted by Gasteiger charge is 2.40. The van der Waals surface area contributed by atoms with Crippen molar-refractivity contribution in [3.63, 3.8) is 0 Å².